The predicted octanol–water partition coefficient (Wildman–Crippen LogP) is 4.37. The van der Waals surface area contributed by atoms with E-state index in [1.165, 1.54) is 0 Å². The van der Waals surface area contributed by atoms with Crippen molar-refractivity contribution >= 4 is 44.2 Å². The summed E-state index contributed by atoms with van der Waals surface area (Å²) in [5.74, 6) is 0.227. The molecule has 6 heteroatoms. The summed E-state index contributed by atoms with van der Waals surface area (Å²) in [5.41, 5.74) is 1.16. The highest BCUT2D eigenvalue weighted by atomic mass is 79.9. The molecule has 2 amide bonds. The molecule has 2 N–H and O–H groups in total. The molecule has 0 radical (unpaired) electrons. The highest BCUT2D eigenvalue weighted by molar-refractivity contribution is 9.10. The Morgan fingerprint density at radius 1 is 0.963 bits per heavy atom. The molecule has 138 valence electrons. The predicted molar refractivity (Wildman–Crippen MR) is 110 cm³/mol. The number of halogens is 1. The van der Waals surface area contributed by atoms with E-state index in [9.17, 15) is 9.59 Å². The van der Waals surface area contributed by atoms with Crippen LogP contribution in [-0.2, 0) is 4.79 Å². The van der Waals surface area contributed by atoms with Gasteiger partial charge in [0.05, 0.1) is 0 Å². The van der Waals surface area contributed by atoms with Crippen molar-refractivity contribution in [2.45, 2.75) is 6.92 Å². The average molecular weight is 427 g/mol. The molecule has 0 aliphatic rings. The van der Waals surface area contributed by atoms with Crippen molar-refractivity contribution in [3.05, 3.63) is 70.7 Å². The first-order chi connectivity index (χ1) is 13.0. The summed E-state index contributed by atoms with van der Waals surface area (Å²) in [4.78, 5) is 23.8. The molecule has 0 saturated heterocycles. The van der Waals surface area contributed by atoms with E-state index in [1.807, 2.05) is 43.3 Å². The Kier molecular flexibility index (Phi) is 6.08. The van der Waals surface area contributed by atoms with Gasteiger partial charge in [-0.3, -0.25) is 9.59 Å². The third kappa shape index (κ3) is 5.08. The standard InChI is InChI=1S/C21H19BrN2O3/c1-2-23-21(26)14-4-8-18(9-5-14)24-20(25)13-27-19-10-6-15-11-17(22)7-3-16(15)12-19/h3-12H,2,13H2,1H3,(H,23,26)(H,24,25). The van der Waals surface area contributed by atoms with Crippen LogP contribution in [0.15, 0.2) is 65.1 Å². The summed E-state index contributed by atoms with van der Waals surface area (Å²) in [6.07, 6.45) is 0. The van der Waals surface area contributed by atoms with Crippen molar-refractivity contribution in [1.82, 2.24) is 5.32 Å². The lowest BCUT2D eigenvalue weighted by molar-refractivity contribution is -0.118. The van der Waals surface area contributed by atoms with Gasteiger partial charge in [-0.25, -0.2) is 0 Å². The van der Waals surface area contributed by atoms with Crippen LogP contribution in [0.5, 0.6) is 5.75 Å². The molecule has 0 spiro atoms. The first kappa shape index (κ1) is 18.9. The average Bonchev–Trinajstić information content (AvgIpc) is 2.67. The summed E-state index contributed by atoms with van der Waals surface area (Å²) in [7, 11) is 0. The zero-order chi connectivity index (χ0) is 19.2. The fourth-order valence-corrected chi connectivity index (χ4v) is 2.98. The molecule has 0 saturated carbocycles. The maximum Gasteiger partial charge on any atom is 0.262 e. The van der Waals surface area contributed by atoms with Crippen LogP contribution in [0.25, 0.3) is 10.8 Å². The maximum absolute atomic E-state index is 12.1. The van der Waals surface area contributed by atoms with Crippen molar-refractivity contribution in [3.8, 4) is 5.75 Å². The van der Waals surface area contributed by atoms with E-state index in [1.54, 1.807) is 24.3 Å². The first-order valence-electron chi connectivity index (χ1n) is 8.55. The Morgan fingerprint density at radius 2 is 1.67 bits per heavy atom. The van der Waals surface area contributed by atoms with Crippen molar-refractivity contribution < 1.29 is 14.3 Å². The fourth-order valence-electron chi connectivity index (χ4n) is 2.60. The number of hydrogen-bond donors (Lipinski definition) is 2. The molecular formula is C21H19BrN2O3. The van der Waals surface area contributed by atoms with Crippen LogP contribution in [0.2, 0.25) is 0 Å². The van der Waals surface area contributed by atoms with E-state index < -0.39 is 0 Å². The summed E-state index contributed by atoms with van der Waals surface area (Å²) >= 11 is 3.45. The Balaban J connectivity index is 1.56. The number of anilines is 1. The van der Waals surface area contributed by atoms with E-state index in [4.69, 9.17) is 4.74 Å². The topological polar surface area (TPSA) is 67.4 Å². The van der Waals surface area contributed by atoms with Crippen molar-refractivity contribution in [2.75, 3.05) is 18.5 Å². The minimum absolute atomic E-state index is 0.0971. The minimum Gasteiger partial charge on any atom is -0.484 e. The molecule has 5 nitrogen and oxygen atoms in total. The van der Waals surface area contributed by atoms with Gasteiger partial charge in [0, 0.05) is 22.3 Å². The molecule has 0 aliphatic carbocycles. The van der Waals surface area contributed by atoms with E-state index in [0.717, 1.165) is 15.2 Å². The number of hydrogen-bond acceptors (Lipinski definition) is 3. The first-order valence-corrected chi connectivity index (χ1v) is 9.34. The zero-order valence-electron chi connectivity index (χ0n) is 14.8. The SMILES string of the molecule is CCNC(=O)c1ccc(NC(=O)COc2ccc3cc(Br)ccc3c2)cc1. The molecule has 0 fully saturated rings. The lowest BCUT2D eigenvalue weighted by Gasteiger charge is -2.09. The van der Waals surface area contributed by atoms with Gasteiger partial charge in [0.2, 0.25) is 0 Å². The van der Waals surface area contributed by atoms with Crippen LogP contribution in [-0.4, -0.2) is 25.0 Å². The number of rotatable bonds is 6. The highest BCUT2D eigenvalue weighted by Gasteiger charge is 2.07. The number of benzene rings is 3. The van der Waals surface area contributed by atoms with E-state index in [2.05, 4.69) is 26.6 Å². The monoisotopic (exact) mass is 426 g/mol. The van der Waals surface area contributed by atoms with Crippen LogP contribution in [0.1, 0.15) is 17.3 Å². The normalized spacial score (nSPS) is 10.4. The van der Waals surface area contributed by atoms with Crippen LogP contribution in [0.3, 0.4) is 0 Å². The molecule has 27 heavy (non-hydrogen) atoms. The second kappa shape index (κ2) is 8.68. The van der Waals surface area contributed by atoms with Gasteiger partial charge in [-0.2, -0.15) is 0 Å². The number of nitrogens with one attached hydrogen (secondary N) is 2. The molecule has 0 unspecified atom stereocenters. The largest absolute Gasteiger partial charge is 0.484 e. The third-order valence-electron chi connectivity index (χ3n) is 3.91. The summed E-state index contributed by atoms with van der Waals surface area (Å²) < 4.78 is 6.60. The maximum atomic E-state index is 12.1. The van der Waals surface area contributed by atoms with Gasteiger partial charge < -0.3 is 15.4 Å². The number of carbonyl (C=O) groups excluding carboxylic acids is 2. The van der Waals surface area contributed by atoms with Crippen LogP contribution >= 0.6 is 15.9 Å². The van der Waals surface area contributed by atoms with Crippen LogP contribution in [0, 0.1) is 0 Å². The minimum atomic E-state index is -0.267. The molecule has 0 atom stereocenters. The van der Waals surface area contributed by atoms with Crippen molar-refractivity contribution in [2.24, 2.45) is 0 Å². The van der Waals surface area contributed by atoms with Gasteiger partial charge in [-0.05, 0) is 66.2 Å². The molecule has 3 rings (SSSR count). The molecular weight excluding hydrogens is 408 g/mol. The second-order valence-electron chi connectivity index (χ2n) is 5.93. The number of amides is 2. The Bertz CT molecular complexity index is 971. The fraction of sp³-hybridized carbons (Fsp3) is 0.143. The smallest absolute Gasteiger partial charge is 0.262 e. The molecule has 0 heterocycles. The lowest BCUT2D eigenvalue weighted by atomic mass is 10.1. The Morgan fingerprint density at radius 3 is 2.41 bits per heavy atom. The second-order valence-corrected chi connectivity index (χ2v) is 6.84. The van der Waals surface area contributed by atoms with Crippen LogP contribution in [0.4, 0.5) is 5.69 Å². The van der Waals surface area contributed by atoms with Crippen molar-refractivity contribution in [1.29, 1.82) is 0 Å². The van der Waals surface area contributed by atoms with E-state index >= 15 is 0 Å². The number of carbonyl (C=O) groups is 2. The Hall–Kier alpha value is -2.86. The van der Waals surface area contributed by atoms with Gasteiger partial charge in [0.1, 0.15) is 5.75 Å². The summed E-state index contributed by atoms with van der Waals surface area (Å²) in [6.45, 7) is 2.34. The molecule has 3 aromatic carbocycles. The number of ether oxygens (including phenoxy) is 1. The van der Waals surface area contributed by atoms with Crippen molar-refractivity contribution in [3.63, 3.8) is 0 Å². The van der Waals surface area contributed by atoms with E-state index in [-0.39, 0.29) is 18.4 Å². The Labute approximate surface area is 165 Å². The van der Waals surface area contributed by atoms with Gasteiger partial charge in [-0.15, -0.1) is 0 Å². The highest BCUT2D eigenvalue weighted by Crippen LogP contribution is 2.24. The van der Waals surface area contributed by atoms with Gasteiger partial charge >= 0.3 is 0 Å². The van der Waals surface area contributed by atoms with E-state index in [0.29, 0.717) is 23.5 Å². The van der Waals surface area contributed by atoms with Crippen LogP contribution < -0.4 is 15.4 Å². The lowest BCUT2D eigenvalue weighted by Crippen LogP contribution is -2.23. The summed E-state index contributed by atoms with van der Waals surface area (Å²) in [6, 6.07) is 18.4. The van der Waals surface area contributed by atoms with Gasteiger partial charge in [-0.1, -0.05) is 28.1 Å². The van der Waals surface area contributed by atoms with Gasteiger partial charge in [0.15, 0.2) is 6.61 Å². The van der Waals surface area contributed by atoms with Gasteiger partial charge in [0.25, 0.3) is 11.8 Å². The molecule has 3 aromatic rings. The molecule has 0 aliphatic heterocycles. The third-order valence-corrected chi connectivity index (χ3v) is 4.41. The molecule has 0 aromatic heterocycles. The molecule has 0 bridgehead atoms. The summed E-state index contributed by atoms with van der Waals surface area (Å²) in [5, 5.41) is 7.61. The number of fused-ring (bicyclic) bond motifs is 1. The quantitative estimate of drug-likeness (QED) is 0.614. The zero-order valence-corrected chi connectivity index (χ0v) is 16.4.